The molecule has 0 aliphatic carbocycles. The minimum Gasteiger partial charge on any atom is -0.378 e. The highest BCUT2D eigenvalue weighted by Crippen LogP contribution is 2.17. The molecular weight excluding hydrogens is 242 g/mol. The number of rotatable bonds is 5. The second kappa shape index (κ2) is 7.04. The Morgan fingerprint density at radius 1 is 1.42 bits per heavy atom. The molecule has 0 spiro atoms. The van der Waals surface area contributed by atoms with Crippen molar-refractivity contribution >= 4 is 17.9 Å². The topological polar surface area (TPSA) is 55.4 Å². The molecule has 1 saturated heterocycles. The van der Waals surface area contributed by atoms with Crippen LogP contribution in [0.1, 0.15) is 42.5 Å². The zero-order valence-electron chi connectivity index (χ0n) is 10.9. The normalized spacial score (nSPS) is 18.8. The fourth-order valence-corrected chi connectivity index (χ4v) is 2.24. The Balaban J connectivity index is 1.78. The molecule has 0 radical (unpaired) electrons. The average molecular weight is 261 g/mol. The molecule has 1 aromatic rings. The number of amides is 1. The summed E-state index contributed by atoms with van der Waals surface area (Å²) in [7, 11) is 0. The maximum atomic E-state index is 11.8. The van der Waals surface area contributed by atoms with Crippen LogP contribution in [0.15, 0.2) is 24.3 Å². The summed E-state index contributed by atoms with van der Waals surface area (Å²) in [4.78, 5) is 22.4. The molecule has 4 heteroatoms. The minimum atomic E-state index is -0.0303. The first-order valence-electron chi connectivity index (χ1n) is 6.74. The number of benzene rings is 1. The molecule has 1 unspecified atom stereocenters. The summed E-state index contributed by atoms with van der Waals surface area (Å²) in [6.45, 7) is 0.813. The van der Waals surface area contributed by atoms with Gasteiger partial charge in [0, 0.05) is 24.3 Å². The molecule has 1 N–H and O–H groups in total. The van der Waals surface area contributed by atoms with Gasteiger partial charge in [-0.15, -0.1) is 0 Å². The van der Waals surface area contributed by atoms with E-state index in [1.807, 2.05) is 0 Å². The van der Waals surface area contributed by atoms with Gasteiger partial charge in [0.05, 0.1) is 6.10 Å². The number of hydrogen-bond acceptors (Lipinski definition) is 3. The van der Waals surface area contributed by atoms with Crippen molar-refractivity contribution in [2.24, 2.45) is 0 Å². The molecule has 2 rings (SSSR count). The van der Waals surface area contributed by atoms with Crippen LogP contribution < -0.4 is 5.32 Å². The first kappa shape index (κ1) is 13.7. The molecule has 1 aromatic carbocycles. The molecule has 1 aliphatic heterocycles. The smallest absolute Gasteiger partial charge is 0.224 e. The quantitative estimate of drug-likeness (QED) is 0.829. The second-order valence-electron chi connectivity index (χ2n) is 4.82. The number of carbonyl (C=O) groups is 2. The van der Waals surface area contributed by atoms with E-state index in [0.717, 1.165) is 32.2 Å². The fourth-order valence-electron chi connectivity index (χ4n) is 2.24. The first-order chi connectivity index (χ1) is 9.28. The molecule has 0 bridgehead atoms. The van der Waals surface area contributed by atoms with E-state index in [1.165, 1.54) is 6.42 Å². The molecule has 4 nitrogen and oxygen atoms in total. The summed E-state index contributed by atoms with van der Waals surface area (Å²) >= 11 is 0. The van der Waals surface area contributed by atoms with Crippen molar-refractivity contribution in [3.05, 3.63) is 29.8 Å². The highest BCUT2D eigenvalue weighted by atomic mass is 16.5. The molecule has 102 valence electrons. The lowest BCUT2D eigenvalue weighted by Crippen LogP contribution is -2.21. The van der Waals surface area contributed by atoms with Gasteiger partial charge in [-0.3, -0.25) is 9.59 Å². The van der Waals surface area contributed by atoms with E-state index in [4.69, 9.17) is 4.74 Å². The van der Waals surface area contributed by atoms with Gasteiger partial charge in [0.1, 0.15) is 6.29 Å². The van der Waals surface area contributed by atoms with Gasteiger partial charge < -0.3 is 10.1 Å². The van der Waals surface area contributed by atoms with E-state index in [-0.39, 0.29) is 12.0 Å². The van der Waals surface area contributed by atoms with Crippen LogP contribution in [0.3, 0.4) is 0 Å². The van der Waals surface area contributed by atoms with E-state index in [0.29, 0.717) is 17.7 Å². The fraction of sp³-hybridized carbons (Fsp3) is 0.467. The van der Waals surface area contributed by atoms with Crippen molar-refractivity contribution < 1.29 is 14.3 Å². The molecule has 0 aromatic heterocycles. The maximum Gasteiger partial charge on any atom is 0.224 e. The summed E-state index contributed by atoms with van der Waals surface area (Å²) in [5.74, 6) is -0.0303. The molecule has 19 heavy (non-hydrogen) atoms. The van der Waals surface area contributed by atoms with Gasteiger partial charge in [0.25, 0.3) is 0 Å². The molecule has 1 atom stereocenters. The highest BCUT2D eigenvalue weighted by molar-refractivity contribution is 5.91. The zero-order valence-corrected chi connectivity index (χ0v) is 10.9. The van der Waals surface area contributed by atoms with E-state index in [1.54, 1.807) is 24.3 Å². The van der Waals surface area contributed by atoms with Crippen LogP contribution in [-0.2, 0) is 9.53 Å². The third kappa shape index (κ3) is 4.48. The lowest BCUT2D eigenvalue weighted by molar-refractivity contribution is -0.117. The summed E-state index contributed by atoms with van der Waals surface area (Å²) in [6.07, 6.45) is 5.57. The molecule has 1 fully saturated rings. The number of hydrogen-bond donors (Lipinski definition) is 1. The Hall–Kier alpha value is -1.68. The molecular formula is C15H19NO3. The van der Waals surface area contributed by atoms with E-state index in [9.17, 15) is 9.59 Å². The first-order valence-corrected chi connectivity index (χ1v) is 6.74. The van der Waals surface area contributed by atoms with Crippen LogP contribution in [-0.4, -0.2) is 24.9 Å². The molecule has 1 amide bonds. The van der Waals surface area contributed by atoms with E-state index in [2.05, 4.69) is 5.32 Å². The van der Waals surface area contributed by atoms with Gasteiger partial charge in [-0.05, 0) is 37.8 Å². The summed E-state index contributed by atoms with van der Waals surface area (Å²) in [5, 5.41) is 2.80. The van der Waals surface area contributed by atoms with E-state index >= 15 is 0 Å². The van der Waals surface area contributed by atoms with Gasteiger partial charge in [0.2, 0.25) is 5.91 Å². The monoisotopic (exact) mass is 261 g/mol. The van der Waals surface area contributed by atoms with Crippen molar-refractivity contribution in [3.63, 3.8) is 0 Å². The number of ether oxygens (including phenoxy) is 1. The SMILES string of the molecule is O=Cc1cccc(NC(=O)CCC2CCCCO2)c1. The highest BCUT2D eigenvalue weighted by Gasteiger charge is 2.15. The minimum absolute atomic E-state index is 0.0303. The Labute approximate surface area is 113 Å². The largest absolute Gasteiger partial charge is 0.378 e. The van der Waals surface area contributed by atoms with Crippen molar-refractivity contribution in [1.82, 2.24) is 0 Å². The van der Waals surface area contributed by atoms with Crippen molar-refractivity contribution in [2.45, 2.75) is 38.2 Å². The van der Waals surface area contributed by atoms with E-state index < -0.39 is 0 Å². The number of carbonyl (C=O) groups excluding carboxylic acids is 2. The summed E-state index contributed by atoms with van der Waals surface area (Å²) in [5.41, 5.74) is 1.23. The maximum absolute atomic E-state index is 11.8. The number of anilines is 1. The van der Waals surface area contributed by atoms with Gasteiger partial charge >= 0.3 is 0 Å². The standard InChI is InChI=1S/C15H19NO3/c17-11-12-4-3-5-13(10-12)16-15(18)8-7-14-6-1-2-9-19-14/h3-5,10-11,14H,1-2,6-9H2,(H,16,18). The number of aldehydes is 1. The Kier molecular flexibility index (Phi) is 5.10. The Morgan fingerprint density at radius 3 is 3.05 bits per heavy atom. The lowest BCUT2D eigenvalue weighted by atomic mass is 10.0. The van der Waals surface area contributed by atoms with Crippen LogP contribution in [0, 0.1) is 0 Å². The Bertz CT molecular complexity index is 439. The summed E-state index contributed by atoms with van der Waals surface area (Å²) in [6, 6.07) is 6.91. The van der Waals surface area contributed by atoms with Crippen molar-refractivity contribution in [1.29, 1.82) is 0 Å². The zero-order chi connectivity index (χ0) is 13.5. The van der Waals surface area contributed by atoms with Crippen LogP contribution in [0.25, 0.3) is 0 Å². The third-order valence-electron chi connectivity index (χ3n) is 3.27. The molecule has 0 saturated carbocycles. The van der Waals surface area contributed by atoms with Gasteiger partial charge in [0.15, 0.2) is 0 Å². The predicted molar refractivity (Wildman–Crippen MR) is 73.3 cm³/mol. The second-order valence-corrected chi connectivity index (χ2v) is 4.82. The van der Waals surface area contributed by atoms with Gasteiger partial charge in [-0.1, -0.05) is 12.1 Å². The molecule has 1 aliphatic rings. The Morgan fingerprint density at radius 2 is 2.32 bits per heavy atom. The van der Waals surface area contributed by atoms with Gasteiger partial charge in [-0.2, -0.15) is 0 Å². The van der Waals surface area contributed by atoms with Crippen LogP contribution in [0.4, 0.5) is 5.69 Å². The van der Waals surface area contributed by atoms with Crippen molar-refractivity contribution in [2.75, 3.05) is 11.9 Å². The van der Waals surface area contributed by atoms with Gasteiger partial charge in [-0.25, -0.2) is 0 Å². The van der Waals surface area contributed by atoms with Crippen LogP contribution in [0.2, 0.25) is 0 Å². The summed E-state index contributed by atoms with van der Waals surface area (Å²) < 4.78 is 5.59. The molecule has 1 heterocycles. The van der Waals surface area contributed by atoms with Crippen LogP contribution >= 0.6 is 0 Å². The lowest BCUT2D eigenvalue weighted by Gasteiger charge is -2.22. The van der Waals surface area contributed by atoms with Crippen LogP contribution in [0.5, 0.6) is 0 Å². The van der Waals surface area contributed by atoms with Crippen molar-refractivity contribution in [3.8, 4) is 0 Å². The number of nitrogens with one attached hydrogen (secondary N) is 1. The third-order valence-corrected chi connectivity index (χ3v) is 3.27. The average Bonchev–Trinajstić information content (AvgIpc) is 2.46. The predicted octanol–water partition coefficient (Wildman–Crippen LogP) is 2.79.